The van der Waals surface area contributed by atoms with Crippen molar-refractivity contribution in [3.05, 3.63) is 46.4 Å². The highest BCUT2D eigenvalue weighted by molar-refractivity contribution is 7.13. The number of fused-ring (bicyclic) bond motifs is 1. The van der Waals surface area contributed by atoms with E-state index in [2.05, 4.69) is 4.98 Å². The Morgan fingerprint density at radius 3 is 3.08 bits per heavy atom. The van der Waals surface area contributed by atoms with E-state index in [0.29, 0.717) is 6.54 Å². The number of amides is 1. The van der Waals surface area contributed by atoms with Crippen LogP contribution in [0, 0.1) is 6.92 Å². The lowest BCUT2D eigenvalue weighted by Gasteiger charge is -2.31. The van der Waals surface area contributed by atoms with E-state index >= 15 is 0 Å². The number of carbonyl (C=O) groups excluding carboxylic acids is 1. The van der Waals surface area contributed by atoms with Crippen LogP contribution in [0.5, 0.6) is 5.75 Å². The Balaban J connectivity index is 1.56. The van der Waals surface area contributed by atoms with Crippen LogP contribution in [0.2, 0.25) is 0 Å². The molecular formula is C18H20N2O3S. The first-order valence-corrected chi connectivity index (χ1v) is 9.10. The molecular weight excluding hydrogens is 324 g/mol. The molecule has 24 heavy (non-hydrogen) atoms. The highest BCUT2D eigenvalue weighted by Crippen LogP contribution is 2.33. The van der Waals surface area contributed by atoms with Crippen LogP contribution in [0.25, 0.3) is 0 Å². The van der Waals surface area contributed by atoms with E-state index in [0.717, 1.165) is 35.0 Å². The topological polar surface area (TPSA) is 51.7 Å². The quantitative estimate of drug-likeness (QED) is 0.859. The lowest BCUT2D eigenvalue weighted by atomic mass is 10.0. The van der Waals surface area contributed by atoms with Gasteiger partial charge < -0.3 is 14.4 Å². The van der Waals surface area contributed by atoms with Gasteiger partial charge >= 0.3 is 0 Å². The Hall–Kier alpha value is -1.92. The average molecular weight is 344 g/mol. The number of hydrogen-bond acceptors (Lipinski definition) is 5. The first-order valence-electron chi connectivity index (χ1n) is 8.28. The molecule has 6 heteroatoms. The van der Waals surface area contributed by atoms with Gasteiger partial charge in [0.1, 0.15) is 18.0 Å². The van der Waals surface area contributed by atoms with Crippen LogP contribution >= 0.6 is 11.3 Å². The van der Waals surface area contributed by atoms with E-state index in [1.54, 1.807) is 23.7 Å². The number of carbonyl (C=O) groups is 1. The monoisotopic (exact) mass is 344 g/mol. The third kappa shape index (κ3) is 2.91. The van der Waals surface area contributed by atoms with E-state index in [4.69, 9.17) is 9.47 Å². The molecule has 2 saturated heterocycles. The van der Waals surface area contributed by atoms with E-state index in [1.807, 2.05) is 36.1 Å². The highest BCUT2D eigenvalue weighted by atomic mass is 32.1. The predicted molar refractivity (Wildman–Crippen MR) is 91.5 cm³/mol. The van der Waals surface area contributed by atoms with Crippen molar-refractivity contribution >= 4 is 17.2 Å². The standard InChI is InChI=1S/C18H20N2O3S/c1-12-6-7-16(24-12)18(21)20-11-15(17-14(20)5-3-9-22-17)23-13-4-2-8-19-10-13/h2,4,6-8,10,14-15,17H,3,5,9,11H2,1H3/t14-,15+,17+/m0/s1. The third-order valence-electron chi connectivity index (χ3n) is 4.61. The van der Waals surface area contributed by atoms with E-state index in [-0.39, 0.29) is 24.2 Å². The van der Waals surface area contributed by atoms with Crippen LogP contribution in [0.3, 0.4) is 0 Å². The first-order chi connectivity index (χ1) is 11.7. The molecule has 0 radical (unpaired) electrons. The minimum absolute atomic E-state index is 0.0658. The summed E-state index contributed by atoms with van der Waals surface area (Å²) in [6, 6.07) is 7.73. The molecule has 4 rings (SSSR count). The molecule has 2 aromatic heterocycles. The zero-order chi connectivity index (χ0) is 16.5. The van der Waals surface area contributed by atoms with Crippen LogP contribution < -0.4 is 4.74 Å². The van der Waals surface area contributed by atoms with Gasteiger partial charge in [-0.2, -0.15) is 0 Å². The van der Waals surface area contributed by atoms with Crippen molar-refractivity contribution in [1.82, 2.24) is 9.88 Å². The molecule has 1 amide bonds. The van der Waals surface area contributed by atoms with Crippen molar-refractivity contribution in [2.75, 3.05) is 13.2 Å². The Labute approximate surface area is 145 Å². The van der Waals surface area contributed by atoms with Crippen LogP contribution in [-0.2, 0) is 4.74 Å². The van der Waals surface area contributed by atoms with Crippen molar-refractivity contribution < 1.29 is 14.3 Å². The molecule has 0 saturated carbocycles. The molecule has 2 aliphatic rings. The van der Waals surface area contributed by atoms with Gasteiger partial charge in [0.25, 0.3) is 5.91 Å². The maximum atomic E-state index is 12.9. The second kappa shape index (κ2) is 6.53. The number of ether oxygens (including phenoxy) is 2. The van der Waals surface area contributed by atoms with Crippen molar-refractivity contribution in [2.24, 2.45) is 0 Å². The average Bonchev–Trinajstić information content (AvgIpc) is 3.20. The van der Waals surface area contributed by atoms with Crippen molar-refractivity contribution in [2.45, 2.75) is 38.0 Å². The minimum atomic E-state index is -0.149. The summed E-state index contributed by atoms with van der Waals surface area (Å²) in [5.41, 5.74) is 0. The fourth-order valence-electron chi connectivity index (χ4n) is 3.53. The zero-order valence-corrected chi connectivity index (χ0v) is 14.4. The fraction of sp³-hybridized carbons (Fsp3) is 0.444. The zero-order valence-electron chi connectivity index (χ0n) is 13.6. The number of rotatable bonds is 3. The molecule has 0 aliphatic carbocycles. The number of likely N-dealkylation sites (tertiary alicyclic amines) is 1. The number of aryl methyl sites for hydroxylation is 1. The number of thiophene rings is 1. The van der Waals surface area contributed by atoms with Crippen LogP contribution in [-0.4, -0.2) is 47.2 Å². The number of hydrogen-bond donors (Lipinski definition) is 0. The van der Waals surface area contributed by atoms with Gasteiger partial charge in [0.15, 0.2) is 0 Å². The van der Waals surface area contributed by atoms with E-state index in [1.165, 1.54) is 0 Å². The SMILES string of the molecule is Cc1ccc(C(=O)N2C[C@@H](Oc3cccnc3)[C@@H]3OCCC[C@@H]32)s1. The summed E-state index contributed by atoms with van der Waals surface area (Å²) in [6.07, 6.45) is 5.15. The van der Waals surface area contributed by atoms with Crippen molar-refractivity contribution in [3.63, 3.8) is 0 Å². The molecule has 2 aliphatic heterocycles. The molecule has 2 fully saturated rings. The number of aromatic nitrogens is 1. The Kier molecular flexibility index (Phi) is 4.24. The summed E-state index contributed by atoms with van der Waals surface area (Å²) in [4.78, 5) is 20.9. The summed E-state index contributed by atoms with van der Waals surface area (Å²) in [7, 11) is 0. The van der Waals surface area contributed by atoms with Gasteiger partial charge in [0.05, 0.1) is 23.7 Å². The molecule has 0 spiro atoms. The number of pyridine rings is 1. The van der Waals surface area contributed by atoms with E-state index < -0.39 is 0 Å². The second-order valence-corrected chi connectivity index (χ2v) is 7.55. The summed E-state index contributed by atoms with van der Waals surface area (Å²) in [5.74, 6) is 0.808. The summed E-state index contributed by atoms with van der Waals surface area (Å²) in [6.45, 7) is 3.31. The summed E-state index contributed by atoms with van der Waals surface area (Å²) in [5, 5.41) is 0. The normalized spacial score (nSPS) is 26.2. The first kappa shape index (κ1) is 15.6. The lowest BCUT2D eigenvalue weighted by Crippen LogP contribution is -2.44. The Bertz CT molecular complexity index is 718. The largest absolute Gasteiger partial charge is 0.484 e. The molecule has 126 valence electrons. The van der Waals surface area contributed by atoms with Gasteiger partial charge in [0.2, 0.25) is 0 Å². The van der Waals surface area contributed by atoms with Crippen molar-refractivity contribution in [3.8, 4) is 5.75 Å². The molecule has 0 unspecified atom stereocenters. The molecule has 3 atom stereocenters. The van der Waals surface area contributed by atoms with Crippen LogP contribution in [0.1, 0.15) is 27.4 Å². The van der Waals surface area contributed by atoms with Gasteiger partial charge in [-0.25, -0.2) is 0 Å². The maximum Gasteiger partial charge on any atom is 0.264 e. The molecule has 0 aromatic carbocycles. The van der Waals surface area contributed by atoms with Gasteiger partial charge in [-0.1, -0.05) is 0 Å². The molecule has 0 bridgehead atoms. The maximum absolute atomic E-state index is 12.9. The van der Waals surface area contributed by atoms with Crippen LogP contribution in [0.4, 0.5) is 0 Å². The second-order valence-electron chi connectivity index (χ2n) is 6.26. The van der Waals surface area contributed by atoms with Gasteiger partial charge in [-0.05, 0) is 44.0 Å². The predicted octanol–water partition coefficient (Wildman–Crippen LogP) is 2.90. The van der Waals surface area contributed by atoms with Gasteiger partial charge in [-0.3, -0.25) is 9.78 Å². The molecule has 4 heterocycles. The lowest BCUT2D eigenvalue weighted by molar-refractivity contribution is -0.0447. The number of nitrogens with zero attached hydrogens (tertiary/aromatic N) is 2. The summed E-state index contributed by atoms with van der Waals surface area (Å²) >= 11 is 1.54. The minimum Gasteiger partial charge on any atom is -0.484 e. The fourth-order valence-corrected chi connectivity index (χ4v) is 4.35. The molecule has 2 aromatic rings. The molecule has 5 nitrogen and oxygen atoms in total. The third-order valence-corrected chi connectivity index (χ3v) is 5.60. The van der Waals surface area contributed by atoms with Gasteiger partial charge in [-0.15, -0.1) is 11.3 Å². The van der Waals surface area contributed by atoms with Crippen LogP contribution in [0.15, 0.2) is 36.7 Å². The Morgan fingerprint density at radius 2 is 2.33 bits per heavy atom. The Morgan fingerprint density at radius 1 is 1.42 bits per heavy atom. The highest BCUT2D eigenvalue weighted by Gasteiger charge is 2.47. The van der Waals surface area contributed by atoms with E-state index in [9.17, 15) is 4.79 Å². The summed E-state index contributed by atoms with van der Waals surface area (Å²) < 4.78 is 12.1. The van der Waals surface area contributed by atoms with Gasteiger partial charge in [0, 0.05) is 17.7 Å². The smallest absolute Gasteiger partial charge is 0.264 e. The molecule has 0 N–H and O–H groups in total. The van der Waals surface area contributed by atoms with Crippen molar-refractivity contribution in [1.29, 1.82) is 0 Å².